The fourth-order valence-electron chi connectivity index (χ4n) is 3.93. The number of piperidine rings is 1. The van der Waals surface area contributed by atoms with Crippen molar-refractivity contribution in [3.05, 3.63) is 28.7 Å². The number of rotatable bonds is 7. The molecular formula is C22H32N4O3. The van der Waals surface area contributed by atoms with Gasteiger partial charge in [0.15, 0.2) is 0 Å². The number of imide groups is 1. The summed E-state index contributed by atoms with van der Waals surface area (Å²) >= 11 is 0. The Kier molecular flexibility index (Phi) is 6.15. The van der Waals surface area contributed by atoms with E-state index in [2.05, 4.69) is 37.9 Å². The Labute approximate surface area is 171 Å². The molecule has 1 aromatic heterocycles. The smallest absolute Gasteiger partial charge is 0.329 e. The Morgan fingerprint density at radius 2 is 1.90 bits per heavy atom. The molecule has 1 saturated heterocycles. The summed E-state index contributed by atoms with van der Waals surface area (Å²) in [5.41, 5.74) is 2.38. The molecule has 7 nitrogen and oxygen atoms in total. The van der Waals surface area contributed by atoms with Crippen molar-refractivity contribution in [1.29, 1.82) is 0 Å². The lowest BCUT2D eigenvalue weighted by molar-refractivity contribution is -0.135. The van der Waals surface area contributed by atoms with E-state index in [1.54, 1.807) is 11.6 Å². The summed E-state index contributed by atoms with van der Waals surface area (Å²) < 4.78 is 3.13. The predicted molar refractivity (Wildman–Crippen MR) is 115 cm³/mol. The second kappa shape index (κ2) is 8.43. The quantitative estimate of drug-likeness (QED) is 0.725. The summed E-state index contributed by atoms with van der Waals surface area (Å²) in [4.78, 5) is 39.1. The van der Waals surface area contributed by atoms with Gasteiger partial charge in [-0.1, -0.05) is 27.7 Å². The van der Waals surface area contributed by atoms with Crippen LogP contribution in [0.5, 0.6) is 0 Å². The lowest BCUT2D eigenvalue weighted by Crippen LogP contribution is -2.44. The molecule has 0 saturated carbocycles. The fraction of sp³-hybridized carbons (Fsp3) is 0.591. The highest BCUT2D eigenvalue weighted by atomic mass is 16.2. The number of benzene rings is 1. The normalized spacial score (nSPS) is 18.3. The third kappa shape index (κ3) is 4.09. The van der Waals surface area contributed by atoms with Gasteiger partial charge in [-0.2, -0.15) is 0 Å². The van der Waals surface area contributed by atoms with Crippen molar-refractivity contribution >= 4 is 28.5 Å². The average molecular weight is 401 g/mol. The van der Waals surface area contributed by atoms with E-state index in [-0.39, 0.29) is 18.0 Å². The number of carbonyl (C=O) groups excluding carboxylic acids is 2. The minimum atomic E-state index is -0.651. The van der Waals surface area contributed by atoms with Crippen molar-refractivity contribution in [2.45, 2.75) is 53.0 Å². The summed E-state index contributed by atoms with van der Waals surface area (Å²) in [6.45, 7) is 10.8. The van der Waals surface area contributed by atoms with Crippen LogP contribution in [0.1, 0.15) is 53.0 Å². The molecule has 2 atom stereocenters. The van der Waals surface area contributed by atoms with Gasteiger partial charge in [-0.15, -0.1) is 0 Å². The van der Waals surface area contributed by atoms with Crippen LogP contribution >= 0.6 is 0 Å². The van der Waals surface area contributed by atoms with Crippen LogP contribution in [0.15, 0.2) is 23.0 Å². The number of nitrogens with one attached hydrogen (secondary N) is 1. The van der Waals surface area contributed by atoms with Crippen molar-refractivity contribution in [3.63, 3.8) is 0 Å². The number of carbonyl (C=O) groups is 2. The number of nitrogens with zero attached hydrogens (tertiary/aromatic N) is 3. The maximum absolute atomic E-state index is 12.9. The molecule has 2 aromatic rings. The first-order valence-electron chi connectivity index (χ1n) is 10.5. The maximum atomic E-state index is 12.9. The molecular weight excluding hydrogens is 368 g/mol. The van der Waals surface area contributed by atoms with E-state index in [0.717, 1.165) is 36.2 Å². The SMILES string of the molecule is CCCN(C[C@@H](C)C(C)C)c1ccc2c(c1)n(C)c(=O)n2C1CCC(=O)NC1=O. The zero-order chi connectivity index (χ0) is 21.3. The number of hydrogen-bond acceptors (Lipinski definition) is 4. The molecule has 1 N–H and O–H groups in total. The molecule has 3 rings (SSSR count). The summed E-state index contributed by atoms with van der Waals surface area (Å²) in [6.07, 6.45) is 1.63. The molecule has 29 heavy (non-hydrogen) atoms. The highest BCUT2D eigenvalue weighted by molar-refractivity contribution is 6.00. The number of fused-ring (bicyclic) bond motifs is 1. The first kappa shape index (κ1) is 21.1. The Morgan fingerprint density at radius 3 is 2.52 bits per heavy atom. The van der Waals surface area contributed by atoms with Crippen LogP contribution in [0, 0.1) is 11.8 Å². The summed E-state index contributed by atoms with van der Waals surface area (Å²) in [6, 6.07) is 5.36. The third-order valence-corrected chi connectivity index (χ3v) is 6.10. The molecule has 0 spiro atoms. The number of aryl methyl sites for hydroxylation is 1. The van der Waals surface area contributed by atoms with Gasteiger partial charge >= 0.3 is 5.69 Å². The molecule has 0 aliphatic carbocycles. The van der Waals surface area contributed by atoms with Crippen molar-refractivity contribution in [2.75, 3.05) is 18.0 Å². The van der Waals surface area contributed by atoms with Crippen LogP contribution in [-0.4, -0.2) is 34.0 Å². The molecule has 0 bridgehead atoms. The van der Waals surface area contributed by atoms with E-state index in [1.807, 2.05) is 18.2 Å². The minimum absolute atomic E-state index is 0.232. The highest BCUT2D eigenvalue weighted by Crippen LogP contribution is 2.27. The van der Waals surface area contributed by atoms with E-state index < -0.39 is 11.9 Å². The highest BCUT2D eigenvalue weighted by Gasteiger charge is 2.31. The summed E-state index contributed by atoms with van der Waals surface area (Å²) in [5.74, 6) is 0.458. The van der Waals surface area contributed by atoms with Gasteiger partial charge in [0.1, 0.15) is 6.04 Å². The molecule has 1 aromatic carbocycles. The average Bonchev–Trinajstić information content (AvgIpc) is 2.92. The number of amides is 2. The van der Waals surface area contributed by atoms with E-state index in [9.17, 15) is 14.4 Å². The second-order valence-electron chi connectivity index (χ2n) is 8.52. The van der Waals surface area contributed by atoms with Gasteiger partial charge in [-0.05, 0) is 42.9 Å². The molecule has 1 fully saturated rings. The Bertz CT molecular complexity index is 972. The standard InChI is InChI=1S/C22H32N4O3/c1-6-11-25(13-15(4)14(2)3)16-7-8-17-19(12-16)24(5)22(29)26(17)18-9-10-20(27)23-21(18)28/h7-8,12,14-15,18H,6,9-11,13H2,1-5H3,(H,23,27,28)/t15-,18?/m1/s1. The van der Waals surface area contributed by atoms with Crippen molar-refractivity contribution in [2.24, 2.45) is 18.9 Å². The van der Waals surface area contributed by atoms with E-state index in [0.29, 0.717) is 18.3 Å². The lowest BCUT2D eigenvalue weighted by Gasteiger charge is -2.29. The van der Waals surface area contributed by atoms with Crippen LogP contribution < -0.4 is 15.9 Å². The fourth-order valence-corrected chi connectivity index (χ4v) is 3.93. The van der Waals surface area contributed by atoms with E-state index in [1.165, 1.54) is 4.57 Å². The molecule has 7 heteroatoms. The number of imidazole rings is 1. The first-order chi connectivity index (χ1) is 13.7. The van der Waals surface area contributed by atoms with Gasteiger partial charge < -0.3 is 4.90 Å². The van der Waals surface area contributed by atoms with Gasteiger partial charge in [-0.3, -0.25) is 24.0 Å². The molecule has 1 unspecified atom stereocenters. The second-order valence-corrected chi connectivity index (χ2v) is 8.52. The van der Waals surface area contributed by atoms with Crippen LogP contribution in [0.25, 0.3) is 11.0 Å². The van der Waals surface area contributed by atoms with Gasteiger partial charge in [0.05, 0.1) is 11.0 Å². The van der Waals surface area contributed by atoms with E-state index in [4.69, 9.17) is 0 Å². The molecule has 1 aliphatic rings. The largest absolute Gasteiger partial charge is 0.371 e. The van der Waals surface area contributed by atoms with Crippen LogP contribution in [0.2, 0.25) is 0 Å². The summed E-state index contributed by atoms with van der Waals surface area (Å²) in [7, 11) is 1.73. The van der Waals surface area contributed by atoms with E-state index >= 15 is 0 Å². The Balaban J connectivity index is 2.02. The van der Waals surface area contributed by atoms with Gasteiger partial charge in [-0.25, -0.2) is 4.79 Å². The third-order valence-electron chi connectivity index (χ3n) is 6.10. The maximum Gasteiger partial charge on any atom is 0.329 e. The number of aromatic nitrogens is 2. The van der Waals surface area contributed by atoms with Crippen molar-refractivity contribution in [3.8, 4) is 0 Å². The van der Waals surface area contributed by atoms with Gasteiger partial charge in [0.2, 0.25) is 11.8 Å². The van der Waals surface area contributed by atoms with Crippen LogP contribution in [0.4, 0.5) is 5.69 Å². The number of hydrogen-bond donors (Lipinski definition) is 1. The molecule has 1 aliphatic heterocycles. The van der Waals surface area contributed by atoms with Crippen LogP contribution in [0.3, 0.4) is 0 Å². The first-order valence-corrected chi connectivity index (χ1v) is 10.5. The number of anilines is 1. The lowest BCUT2D eigenvalue weighted by atomic mass is 9.97. The minimum Gasteiger partial charge on any atom is -0.371 e. The summed E-state index contributed by atoms with van der Waals surface area (Å²) in [5, 5.41) is 2.35. The van der Waals surface area contributed by atoms with Gasteiger partial charge in [0, 0.05) is 32.2 Å². The molecule has 158 valence electrons. The van der Waals surface area contributed by atoms with Crippen molar-refractivity contribution < 1.29 is 9.59 Å². The zero-order valence-electron chi connectivity index (χ0n) is 18.1. The Morgan fingerprint density at radius 1 is 1.17 bits per heavy atom. The zero-order valence-corrected chi connectivity index (χ0v) is 18.1. The monoisotopic (exact) mass is 400 g/mol. The van der Waals surface area contributed by atoms with Gasteiger partial charge in [0.25, 0.3) is 0 Å². The van der Waals surface area contributed by atoms with Crippen molar-refractivity contribution in [1.82, 2.24) is 14.5 Å². The Hall–Kier alpha value is -2.57. The topological polar surface area (TPSA) is 76.3 Å². The molecule has 2 amide bonds. The molecule has 2 heterocycles. The molecule has 0 radical (unpaired) electrons. The predicted octanol–water partition coefficient (Wildman–Crippen LogP) is 2.83. The van der Waals surface area contributed by atoms with Crippen LogP contribution in [-0.2, 0) is 16.6 Å².